The van der Waals surface area contributed by atoms with Crippen LogP contribution < -0.4 is 10.6 Å². The lowest BCUT2D eigenvalue weighted by molar-refractivity contribution is -0.151. The Morgan fingerprint density at radius 3 is 2.74 bits per heavy atom. The number of primary amides is 1. The highest BCUT2D eigenvalue weighted by Gasteiger charge is 2.37. The molecule has 0 saturated carbocycles. The highest BCUT2D eigenvalue weighted by Crippen LogP contribution is 2.33. The van der Waals surface area contributed by atoms with E-state index in [9.17, 15) is 14.4 Å². The number of nitrogens with two attached hydrogens (primary N) is 1. The van der Waals surface area contributed by atoms with Gasteiger partial charge in [0, 0.05) is 18.7 Å². The number of benzene rings is 1. The van der Waals surface area contributed by atoms with E-state index in [2.05, 4.69) is 13.8 Å². The van der Waals surface area contributed by atoms with Crippen LogP contribution >= 0.6 is 0 Å². The molecule has 0 spiro atoms. The van der Waals surface area contributed by atoms with Crippen molar-refractivity contribution in [3.8, 4) is 0 Å². The average molecular weight is 318 g/mol. The lowest BCUT2D eigenvalue weighted by Crippen LogP contribution is -2.29. The van der Waals surface area contributed by atoms with Crippen molar-refractivity contribution in [2.75, 3.05) is 18.1 Å². The van der Waals surface area contributed by atoms with Crippen molar-refractivity contribution in [3.63, 3.8) is 0 Å². The number of hydrogen-bond donors (Lipinski definition) is 1. The number of ether oxygens (including phenoxy) is 1. The van der Waals surface area contributed by atoms with E-state index in [1.165, 1.54) is 0 Å². The first-order chi connectivity index (χ1) is 10.9. The number of anilines is 1. The van der Waals surface area contributed by atoms with Crippen LogP contribution in [-0.2, 0) is 19.1 Å². The second kappa shape index (κ2) is 7.26. The molecule has 0 aliphatic carbocycles. The van der Waals surface area contributed by atoms with Gasteiger partial charge in [-0.25, -0.2) is 0 Å². The fraction of sp³-hybridized carbons (Fsp3) is 0.471. The van der Waals surface area contributed by atoms with Crippen molar-refractivity contribution in [1.82, 2.24) is 0 Å². The zero-order valence-electron chi connectivity index (χ0n) is 13.5. The fourth-order valence-corrected chi connectivity index (χ4v) is 2.73. The third-order valence-corrected chi connectivity index (χ3v) is 4.19. The zero-order chi connectivity index (χ0) is 17.0. The molecule has 2 N–H and O–H groups in total. The number of amides is 2. The van der Waals surface area contributed by atoms with E-state index < -0.39 is 24.4 Å². The number of rotatable bonds is 6. The maximum atomic E-state index is 12.3. The topological polar surface area (TPSA) is 89.7 Å². The van der Waals surface area contributed by atoms with Crippen LogP contribution in [0.15, 0.2) is 24.3 Å². The van der Waals surface area contributed by atoms with Gasteiger partial charge in [-0.3, -0.25) is 14.4 Å². The normalized spacial score (nSPS) is 18.8. The molecule has 6 heteroatoms. The van der Waals surface area contributed by atoms with Gasteiger partial charge in [0.05, 0.1) is 5.92 Å². The molecule has 1 heterocycles. The molecule has 2 amide bonds. The molecule has 1 aromatic rings. The van der Waals surface area contributed by atoms with E-state index in [4.69, 9.17) is 10.5 Å². The minimum Gasteiger partial charge on any atom is -0.455 e. The Balaban J connectivity index is 2.15. The van der Waals surface area contributed by atoms with Crippen LogP contribution in [0.4, 0.5) is 5.69 Å². The standard InChI is InChI=1S/C17H22N2O4/c1-3-11(2)13-6-4-5-7-14(13)19-9-12(8-16(19)21)17(22)23-10-15(18)20/h4-7,11-12H,3,8-10H2,1-2H3,(H2,18,20)/t11-,12+/m0/s1. The van der Waals surface area contributed by atoms with Crippen molar-refractivity contribution in [1.29, 1.82) is 0 Å². The molecule has 1 aliphatic heterocycles. The van der Waals surface area contributed by atoms with Crippen LogP contribution in [0.25, 0.3) is 0 Å². The van der Waals surface area contributed by atoms with Crippen LogP contribution in [0.5, 0.6) is 0 Å². The summed E-state index contributed by atoms with van der Waals surface area (Å²) in [6, 6.07) is 7.74. The van der Waals surface area contributed by atoms with Crippen LogP contribution in [0.2, 0.25) is 0 Å². The Kier molecular flexibility index (Phi) is 5.36. The van der Waals surface area contributed by atoms with Gasteiger partial charge < -0.3 is 15.4 Å². The predicted octanol–water partition coefficient (Wildman–Crippen LogP) is 1.58. The largest absolute Gasteiger partial charge is 0.455 e. The van der Waals surface area contributed by atoms with E-state index in [-0.39, 0.29) is 18.9 Å². The summed E-state index contributed by atoms with van der Waals surface area (Å²) in [5.74, 6) is -1.62. The quantitative estimate of drug-likeness (QED) is 0.806. The highest BCUT2D eigenvalue weighted by molar-refractivity contribution is 6.00. The molecule has 2 rings (SSSR count). The van der Waals surface area contributed by atoms with Gasteiger partial charge in [0.1, 0.15) is 0 Å². The second-order valence-electron chi connectivity index (χ2n) is 5.85. The first-order valence-corrected chi connectivity index (χ1v) is 7.78. The zero-order valence-corrected chi connectivity index (χ0v) is 13.5. The van der Waals surface area contributed by atoms with E-state index in [1.54, 1.807) is 4.90 Å². The van der Waals surface area contributed by atoms with Gasteiger partial charge in [-0.1, -0.05) is 32.0 Å². The molecule has 124 valence electrons. The molecular formula is C17H22N2O4. The second-order valence-corrected chi connectivity index (χ2v) is 5.85. The molecule has 1 aromatic carbocycles. The third-order valence-electron chi connectivity index (χ3n) is 4.19. The van der Waals surface area contributed by atoms with Crippen LogP contribution in [0.1, 0.15) is 38.2 Å². The summed E-state index contributed by atoms with van der Waals surface area (Å²) >= 11 is 0. The third kappa shape index (κ3) is 3.88. The van der Waals surface area contributed by atoms with Crippen molar-refractivity contribution >= 4 is 23.5 Å². The van der Waals surface area contributed by atoms with Crippen LogP contribution in [-0.4, -0.2) is 30.9 Å². The summed E-state index contributed by atoms with van der Waals surface area (Å²) in [5.41, 5.74) is 6.90. The summed E-state index contributed by atoms with van der Waals surface area (Å²) < 4.78 is 4.83. The van der Waals surface area contributed by atoms with Gasteiger partial charge in [-0.15, -0.1) is 0 Å². The van der Waals surface area contributed by atoms with Gasteiger partial charge in [-0.2, -0.15) is 0 Å². The van der Waals surface area contributed by atoms with Crippen molar-refractivity contribution in [2.45, 2.75) is 32.6 Å². The number of carbonyl (C=O) groups excluding carboxylic acids is 3. The maximum absolute atomic E-state index is 12.3. The van der Waals surface area contributed by atoms with Gasteiger partial charge >= 0.3 is 5.97 Å². The first kappa shape index (κ1) is 17.0. The maximum Gasteiger partial charge on any atom is 0.311 e. The van der Waals surface area contributed by atoms with Crippen molar-refractivity contribution in [3.05, 3.63) is 29.8 Å². The Morgan fingerprint density at radius 2 is 2.09 bits per heavy atom. The molecule has 0 bridgehead atoms. The Labute approximate surface area is 135 Å². The van der Waals surface area contributed by atoms with Gasteiger partial charge in [0.15, 0.2) is 6.61 Å². The molecule has 0 aromatic heterocycles. The monoisotopic (exact) mass is 318 g/mol. The molecule has 1 aliphatic rings. The van der Waals surface area contributed by atoms with Crippen LogP contribution in [0, 0.1) is 5.92 Å². The molecule has 1 saturated heterocycles. The summed E-state index contributed by atoms with van der Waals surface area (Å²) in [5, 5.41) is 0. The molecule has 0 radical (unpaired) electrons. The predicted molar refractivity (Wildman–Crippen MR) is 85.8 cm³/mol. The molecule has 6 nitrogen and oxygen atoms in total. The van der Waals surface area contributed by atoms with E-state index in [0.29, 0.717) is 5.92 Å². The number of nitrogens with zero attached hydrogens (tertiary/aromatic N) is 1. The fourth-order valence-electron chi connectivity index (χ4n) is 2.73. The van der Waals surface area contributed by atoms with E-state index >= 15 is 0 Å². The minimum atomic E-state index is -0.707. The summed E-state index contributed by atoms with van der Waals surface area (Å²) in [7, 11) is 0. The van der Waals surface area contributed by atoms with Gasteiger partial charge in [0.2, 0.25) is 5.91 Å². The number of esters is 1. The van der Waals surface area contributed by atoms with Gasteiger partial charge in [-0.05, 0) is 24.0 Å². The lowest BCUT2D eigenvalue weighted by atomic mass is 9.96. The summed E-state index contributed by atoms with van der Waals surface area (Å²) in [6.45, 7) is 4.02. The van der Waals surface area contributed by atoms with Crippen molar-refractivity contribution < 1.29 is 19.1 Å². The molecule has 1 fully saturated rings. The molecule has 0 unspecified atom stereocenters. The smallest absolute Gasteiger partial charge is 0.311 e. The van der Waals surface area contributed by atoms with Crippen LogP contribution in [0.3, 0.4) is 0 Å². The SMILES string of the molecule is CC[C@H](C)c1ccccc1N1C[C@H](C(=O)OCC(N)=O)CC1=O. The van der Waals surface area contributed by atoms with E-state index in [0.717, 1.165) is 17.7 Å². The Bertz CT molecular complexity index is 614. The summed E-state index contributed by atoms with van der Waals surface area (Å²) in [4.78, 5) is 36.6. The molecular weight excluding hydrogens is 296 g/mol. The lowest BCUT2D eigenvalue weighted by Gasteiger charge is -2.23. The molecule has 2 atom stereocenters. The van der Waals surface area contributed by atoms with Crippen molar-refractivity contribution in [2.24, 2.45) is 11.7 Å². The Morgan fingerprint density at radius 1 is 1.39 bits per heavy atom. The molecule has 23 heavy (non-hydrogen) atoms. The summed E-state index contributed by atoms with van der Waals surface area (Å²) in [6.07, 6.45) is 1.05. The van der Waals surface area contributed by atoms with E-state index in [1.807, 2.05) is 24.3 Å². The number of para-hydroxylation sites is 1. The first-order valence-electron chi connectivity index (χ1n) is 7.78. The van der Waals surface area contributed by atoms with Gasteiger partial charge in [0.25, 0.3) is 5.91 Å². The number of carbonyl (C=O) groups is 3. The Hall–Kier alpha value is -2.37. The minimum absolute atomic E-state index is 0.0897. The number of hydrogen-bond acceptors (Lipinski definition) is 4. The average Bonchev–Trinajstić information content (AvgIpc) is 2.93. The highest BCUT2D eigenvalue weighted by atomic mass is 16.5.